The number of alkyl halides is 3. The van der Waals surface area contributed by atoms with Crippen LogP contribution in [-0.2, 0) is 11.0 Å². The number of aromatic nitrogens is 3. The number of nitrogens with one attached hydrogen (secondary N) is 1. The second-order valence-corrected chi connectivity index (χ2v) is 5.35. The first-order valence-electron chi connectivity index (χ1n) is 5.63. The molecule has 5 nitrogen and oxygen atoms in total. The molecule has 9 heteroatoms. The van der Waals surface area contributed by atoms with E-state index >= 15 is 0 Å². The molecule has 2 aromatic heterocycles. The molecule has 0 radical (unpaired) electrons. The second kappa shape index (κ2) is 5.23. The zero-order chi connectivity index (χ0) is 14.9. The smallest absolute Gasteiger partial charge is 0.300 e. The summed E-state index contributed by atoms with van der Waals surface area (Å²) in [7, 11) is 0. The van der Waals surface area contributed by atoms with Gasteiger partial charge in [-0.1, -0.05) is 0 Å². The van der Waals surface area contributed by atoms with Crippen molar-refractivity contribution in [2.24, 2.45) is 0 Å². The normalized spacial score (nSPS) is 13.2. The Labute approximate surface area is 116 Å². The Balaban J connectivity index is 2.08. The topological polar surface area (TPSA) is 59.8 Å². The first-order chi connectivity index (χ1) is 9.27. The lowest BCUT2D eigenvalue weighted by Gasteiger charge is -2.11. The molecule has 0 bridgehead atoms. The summed E-state index contributed by atoms with van der Waals surface area (Å²) in [5.74, 6) is -0.476. The Morgan fingerprint density at radius 3 is 2.70 bits per heavy atom. The van der Waals surface area contributed by atoms with Crippen LogP contribution in [0.3, 0.4) is 0 Å². The fourth-order valence-electron chi connectivity index (χ4n) is 1.45. The molecule has 0 fully saturated rings. The molecule has 0 saturated heterocycles. The molecule has 0 spiro atoms. The molecule has 2 rings (SSSR count). The summed E-state index contributed by atoms with van der Waals surface area (Å²) in [6, 6.07) is -0.0348. The number of carbonyl (C=O) groups excluding carboxylic acids is 1. The highest BCUT2D eigenvalue weighted by molar-refractivity contribution is 7.15. The zero-order valence-corrected chi connectivity index (χ0v) is 11.4. The standard InChI is InChI=1S/C11H11F3N4OS/c1-6-5-15-10(20-6)16-9(19)7(2)18-4-3-8(17-18)11(12,13)14/h3-5,7H,1-2H3,(H,15,16,19). The van der Waals surface area contributed by atoms with Gasteiger partial charge in [-0.25, -0.2) is 4.98 Å². The molecule has 0 aliphatic heterocycles. The summed E-state index contributed by atoms with van der Waals surface area (Å²) in [5, 5.41) is 6.30. The van der Waals surface area contributed by atoms with Crippen LogP contribution in [0.4, 0.5) is 18.3 Å². The average molecular weight is 304 g/mol. The molecule has 0 aliphatic rings. The Hall–Kier alpha value is -1.90. The number of halogens is 3. The van der Waals surface area contributed by atoms with Crippen LogP contribution in [0, 0.1) is 6.92 Å². The van der Waals surface area contributed by atoms with Crippen LogP contribution in [-0.4, -0.2) is 20.7 Å². The van der Waals surface area contributed by atoms with E-state index in [0.29, 0.717) is 5.13 Å². The lowest BCUT2D eigenvalue weighted by atomic mass is 10.3. The van der Waals surface area contributed by atoms with Crippen LogP contribution in [0.25, 0.3) is 0 Å². The number of hydrogen-bond acceptors (Lipinski definition) is 4. The van der Waals surface area contributed by atoms with Crippen molar-refractivity contribution in [1.82, 2.24) is 14.8 Å². The number of aryl methyl sites for hydroxylation is 1. The second-order valence-electron chi connectivity index (χ2n) is 4.12. The maximum Gasteiger partial charge on any atom is 0.435 e. The van der Waals surface area contributed by atoms with Gasteiger partial charge in [0.15, 0.2) is 10.8 Å². The van der Waals surface area contributed by atoms with Crippen molar-refractivity contribution in [2.45, 2.75) is 26.1 Å². The van der Waals surface area contributed by atoms with Gasteiger partial charge in [0.1, 0.15) is 6.04 Å². The Morgan fingerprint density at radius 1 is 1.50 bits per heavy atom. The molecule has 0 aliphatic carbocycles. The summed E-state index contributed by atoms with van der Waals surface area (Å²) in [6.07, 6.45) is -1.80. The molecule has 1 amide bonds. The molecule has 108 valence electrons. The number of thiazole rings is 1. The molecule has 0 saturated carbocycles. The molecule has 0 aromatic carbocycles. The quantitative estimate of drug-likeness (QED) is 0.948. The predicted molar refractivity (Wildman–Crippen MR) is 67.4 cm³/mol. The minimum absolute atomic E-state index is 0.405. The SMILES string of the molecule is Cc1cnc(NC(=O)C(C)n2ccc(C(F)(F)F)n2)s1. The lowest BCUT2D eigenvalue weighted by molar-refractivity contribution is -0.141. The van der Waals surface area contributed by atoms with Crippen LogP contribution >= 0.6 is 11.3 Å². The minimum Gasteiger partial charge on any atom is -0.300 e. The van der Waals surface area contributed by atoms with Crippen molar-refractivity contribution in [3.63, 3.8) is 0 Å². The first kappa shape index (κ1) is 14.5. The molecule has 2 heterocycles. The van der Waals surface area contributed by atoms with E-state index in [1.165, 1.54) is 18.3 Å². The van der Waals surface area contributed by atoms with E-state index in [9.17, 15) is 18.0 Å². The van der Waals surface area contributed by atoms with Crippen molar-refractivity contribution < 1.29 is 18.0 Å². The number of amides is 1. The van der Waals surface area contributed by atoms with Crippen molar-refractivity contribution in [3.8, 4) is 0 Å². The largest absolute Gasteiger partial charge is 0.435 e. The van der Waals surface area contributed by atoms with Gasteiger partial charge in [-0.05, 0) is 19.9 Å². The van der Waals surface area contributed by atoms with E-state index in [1.807, 2.05) is 6.92 Å². The van der Waals surface area contributed by atoms with E-state index in [-0.39, 0.29) is 0 Å². The number of carbonyl (C=O) groups is 1. The molecule has 1 atom stereocenters. The van der Waals surface area contributed by atoms with Crippen molar-refractivity contribution >= 4 is 22.4 Å². The van der Waals surface area contributed by atoms with Crippen molar-refractivity contribution in [1.29, 1.82) is 0 Å². The fraction of sp³-hybridized carbons (Fsp3) is 0.364. The van der Waals surface area contributed by atoms with Crippen LogP contribution in [0.5, 0.6) is 0 Å². The van der Waals surface area contributed by atoms with Gasteiger partial charge in [0.2, 0.25) is 0 Å². The lowest BCUT2D eigenvalue weighted by Crippen LogP contribution is -2.24. The molecular weight excluding hydrogens is 293 g/mol. The van der Waals surface area contributed by atoms with Gasteiger partial charge in [0.05, 0.1) is 0 Å². The maximum atomic E-state index is 12.4. The zero-order valence-electron chi connectivity index (χ0n) is 10.6. The third-order valence-electron chi connectivity index (χ3n) is 2.53. The number of nitrogens with zero attached hydrogens (tertiary/aromatic N) is 3. The van der Waals surface area contributed by atoms with Crippen molar-refractivity contribution in [3.05, 3.63) is 29.0 Å². The van der Waals surface area contributed by atoms with E-state index in [0.717, 1.165) is 21.8 Å². The molecule has 1 N–H and O–H groups in total. The third kappa shape index (κ3) is 3.16. The fourth-order valence-corrected chi connectivity index (χ4v) is 2.11. The van der Waals surface area contributed by atoms with Crippen LogP contribution < -0.4 is 5.32 Å². The summed E-state index contributed by atoms with van der Waals surface area (Å²) < 4.78 is 38.3. The van der Waals surface area contributed by atoms with E-state index in [2.05, 4.69) is 15.4 Å². The highest BCUT2D eigenvalue weighted by Crippen LogP contribution is 2.28. The summed E-state index contributed by atoms with van der Waals surface area (Å²) in [6.45, 7) is 3.29. The first-order valence-corrected chi connectivity index (χ1v) is 6.44. The number of hydrogen-bond donors (Lipinski definition) is 1. The highest BCUT2D eigenvalue weighted by atomic mass is 32.1. The average Bonchev–Trinajstić information content (AvgIpc) is 2.96. The predicted octanol–water partition coefficient (Wildman–Crippen LogP) is 2.87. The molecule has 20 heavy (non-hydrogen) atoms. The highest BCUT2D eigenvalue weighted by Gasteiger charge is 2.34. The van der Waals surface area contributed by atoms with Gasteiger partial charge in [0.25, 0.3) is 5.91 Å². The van der Waals surface area contributed by atoms with E-state index in [4.69, 9.17) is 0 Å². The van der Waals surface area contributed by atoms with Gasteiger partial charge in [0, 0.05) is 17.3 Å². The van der Waals surface area contributed by atoms with Gasteiger partial charge in [-0.3, -0.25) is 9.48 Å². The van der Waals surface area contributed by atoms with Gasteiger partial charge < -0.3 is 5.32 Å². The van der Waals surface area contributed by atoms with Gasteiger partial charge in [-0.2, -0.15) is 18.3 Å². The third-order valence-corrected chi connectivity index (χ3v) is 3.35. The Bertz CT molecular complexity index is 619. The van der Waals surface area contributed by atoms with Gasteiger partial charge in [-0.15, -0.1) is 11.3 Å². The maximum absolute atomic E-state index is 12.4. The van der Waals surface area contributed by atoms with Crippen molar-refractivity contribution in [2.75, 3.05) is 5.32 Å². The van der Waals surface area contributed by atoms with E-state index in [1.54, 1.807) is 6.20 Å². The molecule has 1 unspecified atom stereocenters. The summed E-state index contributed by atoms with van der Waals surface area (Å²) >= 11 is 1.29. The van der Waals surface area contributed by atoms with Gasteiger partial charge >= 0.3 is 6.18 Å². The van der Waals surface area contributed by atoms with E-state index < -0.39 is 23.8 Å². The Kier molecular flexibility index (Phi) is 3.80. The molecular formula is C11H11F3N4OS. The monoisotopic (exact) mass is 304 g/mol. The Morgan fingerprint density at radius 2 is 2.20 bits per heavy atom. The van der Waals surface area contributed by atoms with Crippen LogP contribution in [0.15, 0.2) is 18.5 Å². The van der Waals surface area contributed by atoms with Crippen LogP contribution in [0.1, 0.15) is 23.5 Å². The summed E-state index contributed by atoms with van der Waals surface area (Å²) in [5.41, 5.74) is -1.03. The number of anilines is 1. The minimum atomic E-state index is -4.52. The van der Waals surface area contributed by atoms with Crippen LogP contribution in [0.2, 0.25) is 0 Å². The summed E-state index contributed by atoms with van der Waals surface area (Å²) in [4.78, 5) is 16.8. The number of rotatable bonds is 3. The molecule has 2 aromatic rings.